The van der Waals surface area contributed by atoms with Crippen LogP contribution in [0.1, 0.15) is 15.2 Å². The molecule has 0 fully saturated rings. The number of aryl methyl sites for hydroxylation is 1. The van der Waals surface area contributed by atoms with Crippen molar-refractivity contribution in [3.8, 4) is 6.07 Å². The summed E-state index contributed by atoms with van der Waals surface area (Å²) in [5, 5.41) is 8.44. The van der Waals surface area contributed by atoms with Gasteiger partial charge in [0.1, 0.15) is 0 Å². The summed E-state index contributed by atoms with van der Waals surface area (Å²) >= 11 is 0. The highest BCUT2D eigenvalue weighted by atomic mass is 14.2. The fourth-order valence-corrected chi connectivity index (χ4v) is 0.545. The number of benzene rings is 1. The van der Waals surface area contributed by atoms with Gasteiger partial charge in [-0.15, -0.1) is 0 Å². The van der Waals surface area contributed by atoms with Crippen LogP contribution in [-0.2, 0) is 0 Å². The molecule has 0 N–H and O–H groups in total. The van der Waals surface area contributed by atoms with Crippen molar-refractivity contribution < 1.29 is 4.11 Å². The quantitative estimate of drug-likeness (QED) is 0.512. The molecule has 0 unspecified atom stereocenters. The third-order valence-corrected chi connectivity index (χ3v) is 1.01. The van der Waals surface area contributed by atoms with E-state index in [1.807, 2.05) is 6.07 Å². The van der Waals surface area contributed by atoms with Crippen LogP contribution in [0.4, 0.5) is 0 Å². The summed E-state index contributed by atoms with van der Waals surface area (Å²) in [5.41, 5.74) is 0.740. The van der Waals surface area contributed by atoms with Crippen LogP contribution in [0, 0.1) is 18.2 Å². The van der Waals surface area contributed by atoms with Gasteiger partial charge in [-0.2, -0.15) is 5.26 Å². The van der Waals surface area contributed by atoms with Gasteiger partial charge in [0.25, 0.3) is 0 Å². The van der Waals surface area contributed by atoms with Crippen molar-refractivity contribution >= 4 is 0 Å². The summed E-state index contributed by atoms with van der Waals surface area (Å²) < 4.78 is 21.2. The molecule has 0 aromatic heterocycles. The van der Waals surface area contributed by atoms with E-state index in [0.29, 0.717) is 5.56 Å². The lowest BCUT2D eigenvalue weighted by atomic mass is 10.2. The Morgan fingerprint density at radius 3 is 2.56 bits per heavy atom. The van der Waals surface area contributed by atoms with Crippen LogP contribution in [-0.4, -0.2) is 0 Å². The maximum Gasteiger partial charge on any atom is 0.0991 e. The van der Waals surface area contributed by atoms with Crippen molar-refractivity contribution in [2.24, 2.45) is 0 Å². The minimum atomic E-state index is -2.08. The van der Waals surface area contributed by atoms with Gasteiger partial charge in [0, 0.05) is 4.11 Å². The van der Waals surface area contributed by atoms with Crippen molar-refractivity contribution in [1.29, 1.82) is 5.26 Å². The van der Waals surface area contributed by atoms with Crippen LogP contribution in [0.15, 0.2) is 24.3 Å². The first-order chi connectivity index (χ1) is 5.54. The van der Waals surface area contributed by atoms with Crippen LogP contribution in [0.3, 0.4) is 0 Å². The van der Waals surface area contributed by atoms with E-state index < -0.39 is 6.85 Å². The molecule has 1 aromatic carbocycles. The van der Waals surface area contributed by atoms with E-state index in [0.717, 1.165) is 0 Å². The zero-order chi connectivity index (χ0) is 9.19. The molecule has 1 heteroatoms. The number of hydrogen-bond donors (Lipinski definition) is 0. The second-order valence-corrected chi connectivity index (χ2v) is 1.69. The van der Waals surface area contributed by atoms with E-state index in [1.165, 1.54) is 24.3 Å². The Bertz CT molecular complexity index is 305. The lowest BCUT2D eigenvalue weighted by Gasteiger charge is -1.88. The predicted octanol–water partition coefficient (Wildman–Crippen LogP) is 1.87. The molecule has 0 aliphatic heterocycles. The minimum absolute atomic E-state index is 0.265. The number of nitriles is 1. The fraction of sp³-hybridized carbons (Fsp3) is 0.125. The smallest absolute Gasteiger partial charge is 0.0991 e. The third-order valence-electron chi connectivity index (χ3n) is 1.01. The fourth-order valence-electron chi connectivity index (χ4n) is 0.545. The van der Waals surface area contributed by atoms with Crippen molar-refractivity contribution in [2.45, 2.75) is 6.85 Å². The Balaban J connectivity index is 3.02. The SMILES string of the molecule is [2H]C([2H])([2H])c1ccc(C#N)cc1. The number of rotatable bonds is 0. The summed E-state index contributed by atoms with van der Waals surface area (Å²) in [6, 6.07) is 7.83. The van der Waals surface area contributed by atoms with E-state index in [-0.39, 0.29) is 5.56 Å². The van der Waals surface area contributed by atoms with Gasteiger partial charge < -0.3 is 0 Å². The van der Waals surface area contributed by atoms with E-state index in [2.05, 4.69) is 0 Å². The lowest BCUT2D eigenvalue weighted by Crippen LogP contribution is -1.72. The van der Waals surface area contributed by atoms with Gasteiger partial charge in [0.2, 0.25) is 0 Å². The maximum absolute atomic E-state index is 8.44. The predicted molar refractivity (Wildman–Crippen MR) is 35.9 cm³/mol. The second kappa shape index (κ2) is 2.32. The zero-order valence-corrected chi connectivity index (χ0v) is 4.76. The molecular weight excluding hydrogens is 110 g/mol. The molecule has 44 valence electrons. The van der Waals surface area contributed by atoms with Gasteiger partial charge in [-0.05, 0) is 19.0 Å². The largest absolute Gasteiger partial charge is 0.192 e. The molecule has 0 radical (unpaired) electrons. The highest BCUT2D eigenvalue weighted by Crippen LogP contribution is 1.99. The summed E-state index contributed by atoms with van der Waals surface area (Å²) in [6.45, 7) is -2.08. The normalized spacial score (nSPS) is 14.8. The minimum Gasteiger partial charge on any atom is -0.192 e. The van der Waals surface area contributed by atoms with E-state index in [9.17, 15) is 0 Å². The van der Waals surface area contributed by atoms with Gasteiger partial charge >= 0.3 is 0 Å². The van der Waals surface area contributed by atoms with E-state index >= 15 is 0 Å². The van der Waals surface area contributed by atoms with Crippen molar-refractivity contribution in [1.82, 2.24) is 0 Å². The molecule has 9 heavy (non-hydrogen) atoms. The standard InChI is InChI=1S/C8H7N/c1-7-2-4-8(6-9)5-3-7/h2-5H,1H3/i1D3. The molecule has 0 atom stereocenters. The van der Waals surface area contributed by atoms with Gasteiger partial charge in [-0.25, -0.2) is 0 Å². The van der Waals surface area contributed by atoms with Crippen LogP contribution in [0.5, 0.6) is 0 Å². The average Bonchev–Trinajstić information content (AvgIpc) is 2.03. The molecule has 1 rings (SSSR count). The Labute approximate surface area is 58.8 Å². The van der Waals surface area contributed by atoms with E-state index in [4.69, 9.17) is 9.37 Å². The molecule has 0 amide bonds. The average molecular weight is 120 g/mol. The first-order valence-corrected chi connectivity index (χ1v) is 2.54. The maximum atomic E-state index is 8.44. The van der Waals surface area contributed by atoms with Gasteiger partial charge in [-0.3, -0.25) is 0 Å². The lowest BCUT2D eigenvalue weighted by molar-refractivity contribution is 1.43. The third kappa shape index (κ3) is 1.30. The summed E-state index contributed by atoms with van der Waals surface area (Å²) in [5.74, 6) is 0. The van der Waals surface area contributed by atoms with Crippen molar-refractivity contribution in [3.05, 3.63) is 35.4 Å². The van der Waals surface area contributed by atoms with Crippen LogP contribution in [0.2, 0.25) is 0 Å². The Kier molecular flexibility index (Phi) is 0.780. The van der Waals surface area contributed by atoms with E-state index in [1.54, 1.807) is 0 Å². The molecule has 0 aliphatic carbocycles. The van der Waals surface area contributed by atoms with Crippen molar-refractivity contribution in [3.63, 3.8) is 0 Å². The van der Waals surface area contributed by atoms with Gasteiger partial charge in [0.15, 0.2) is 0 Å². The van der Waals surface area contributed by atoms with Crippen LogP contribution < -0.4 is 0 Å². The van der Waals surface area contributed by atoms with Crippen molar-refractivity contribution in [2.75, 3.05) is 0 Å². The molecule has 1 nitrogen and oxygen atoms in total. The number of nitrogens with zero attached hydrogens (tertiary/aromatic N) is 1. The molecule has 0 saturated carbocycles. The molecule has 1 aromatic rings. The summed E-state index contributed by atoms with van der Waals surface area (Å²) in [6.07, 6.45) is 0. The molecule has 0 bridgehead atoms. The molecule has 0 aliphatic rings. The van der Waals surface area contributed by atoms with Gasteiger partial charge in [0.05, 0.1) is 11.6 Å². The molecule has 0 saturated heterocycles. The molecular formula is C8H7N. The summed E-state index contributed by atoms with van der Waals surface area (Å²) in [4.78, 5) is 0. The first-order valence-electron chi connectivity index (χ1n) is 4.04. The zero-order valence-electron chi connectivity index (χ0n) is 7.76. The highest BCUT2D eigenvalue weighted by Gasteiger charge is 1.84. The first kappa shape index (κ1) is 3.03. The molecule has 0 spiro atoms. The second-order valence-electron chi connectivity index (χ2n) is 1.69. The topological polar surface area (TPSA) is 23.8 Å². The number of hydrogen-bond acceptors (Lipinski definition) is 1. The Morgan fingerprint density at radius 1 is 1.44 bits per heavy atom. The Hall–Kier alpha value is -1.29. The highest BCUT2D eigenvalue weighted by molar-refractivity contribution is 5.30. The monoisotopic (exact) mass is 120 g/mol. The van der Waals surface area contributed by atoms with Crippen LogP contribution >= 0.6 is 0 Å². The summed E-state index contributed by atoms with van der Waals surface area (Å²) in [7, 11) is 0. The Morgan fingerprint density at radius 2 is 2.11 bits per heavy atom. The van der Waals surface area contributed by atoms with Gasteiger partial charge in [-0.1, -0.05) is 17.7 Å². The van der Waals surface area contributed by atoms with Crippen LogP contribution in [0.25, 0.3) is 0 Å². The molecule has 0 heterocycles.